The van der Waals surface area contributed by atoms with E-state index in [-0.39, 0.29) is 40.1 Å². The largest absolute Gasteiger partial charge is 0.365 e. The Morgan fingerprint density at radius 1 is 0.929 bits per heavy atom. The fraction of sp³-hybridized carbons (Fsp3) is 0.647. The molecule has 2 heterocycles. The third-order valence-corrected chi connectivity index (χ3v) is 4.20. The Hall–Kier alpha value is -2.82. The van der Waals surface area contributed by atoms with Crippen LogP contribution in [-0.4, -0.2) is 58.4 Å². The van der Waals surface area contributed by atoms with Crippen molar-refractivity contribution in [2.75, 3.05) is 6.61 Å². The van der Waals surface area contributed by atoms with Crippen molar-refractivity contribution >= 4 is 35.6 Å². The van der Waals surface area contributed by atoms with Gasteiger partial charge in [-0.25, -0.2) is 9.59 Å². The summed E-state index contributed by atoms with van der Waals surface area (Å²) in [6, 6.07) is 0. The van der Waals surface area contributed by atoms with Gasteiger partial charge in [0.25, 0.3) is 23.6 Å². The minimum absolute atomic E-state index is 0. The van der Waals surface area contributed by atoms with Gasteiger partial charge in [-0.3, -0.25) is 19.2 Å². The molecular weight excluding hydrogens is 376 g/mol. The van der Waals surface area contributed by atoms with E-state index < -0.39 is 47.1 Å². The van der Waals surface area contributed by atoms with Crippen molar-refractivity contribution in [3.63, 3.8) is 0 Å². The highest BCUT2D eigenvalue weighted by atomic mass is 16.7. The first-order valence-electron chi connectivity index (χ1n) is 8.84. The third kappa shape index (κ3) is 4.71. The Kier molecular flexibility index (Phi) is 6.49. The van der Waals surface area contributed by atoms with E-state index >= 15 is 0 Å². The lowest BCUT2D eigenvalue weighted by Crippen LogP contribution is -2.42. The zero-order valence-corrected chi connectivity index (χ0v) is 15.9. The number of ether oxygens (including phenoxy) is 1. The molecule has 2 saturated heterocycles. The molecule has 2 fully saturated rings. The van der Waals surface area contributed by atoms with Gasteiger partial charge >= 0.3 is 11.9 Å². The first kappa shape index (κ1) is 21.5. The molecule has 0 spiro atoms. The summed E-state index contributed by atoms with van der Waals surface area (Å²) in [4.78, 5) is 80.3. The summed E-state index contributed by atoms with van der Waals surface area (Å²) in [5.41, 5.74) is -1.30. The van der Waals surface area contributed by atoms with Crippen LogP contribution >= 0.6 is 0 Å². The molecule has 2 aliphatic rings. The normalized spacial score (nSPS) is 18.7. The van der Waals surface area contributed by atoms with Crippen molar-refractivity contribution in [3.05, 3.63) is 0 Å². The number of rotatable bonds is 8. The van der Waals surface area contributed by atoms with Crippen molar-refractivity contribution < 1.29 is 44.6 Å². The van der Waals surface area contributed by atoms with Crippen LogP contribution < -0.4 is 0 Å². The smallest absolute Gasteiger partial charge is 0.361 e. The van der Waals surface area contributed by atoms with Gasteiger partial charge in [0.15, 0.2) is 6.10 Å². The van der Waals surface area contributed by atoms with Crippen LogP contribution in [0.4, 0.5) is 0 Å². The minimum Gasteiger partial charge on any atom is -0.365 e. The van der Waals surface area contributed by atoms with Crippen LogP contribution in [0.3, 0.4) is 0 Å². The van der Waals surface area contributed by atoms with Crippen molar-refractivity contribution in [2.24, 2.45) is 5.41 Å². The molecular formula is C17H24N2O9. The van der Waals surface area contributed by atoms with Crippen LogP contribution in [0.5, 0.6) is 0 Å². The molecule has 0 bridgehead atoms. The van der Waals surface area contributed by atoms with Crippen molar-refractivity contribution in [2.45, 2.75) is 59.0 Å². The number of nitrogens with zero attached hydrogens (tertiary/aromatic N) is 2. The van der Waals surface area contributed by atoms with E-state index in [9.17, 15) is 28.8 Å². The molecule has 2 aliphatic heterocycles. The summed E-state index contributed by atoms with van der Waals surface area (Å²) in [6.45, 7) is 4.22. The molecule has 4 amide bonds. The number of hydrogen-bond donors (Lipinski definition) is 0. The van der Waals surface area contributed by atoms with Crippen LogP contribution in [0.2, 0.25) is 0 Å². The van der Waals surface area contributed by atoms with Crippen molar-refractivity contribution in [1.29, 1.82) is 0 Å². The Morgan fingerprint density at radius 3 is 1.79 bits per heavy atom. The number of imide groups is 2. The van der Waals surface area contributed by atoms with E-state index in [1.54, 1.807) is 6.92 Å². The predicted molar refractivity (Wildman–Crippen MR) is 90.3 cm³/mol. The molecule has 11 nitrogen and oxygen atoms in total. The second-order valence-electron chi connectivity index (χ2n) is 7.04. The summed E-state index contributed by atoms with van der Waals surface area (Å²) in [5, 5.41) is 0.846. The molecule has 0 aromatic carbocycles. The molecule has 0 aliphatic carbocycles. The first-order valence-corrected chi connectivity index (χ1v) is 8.84. The lowest BCUT2D eigenvalue weighted by atomic mass is 9.95. The van der Waals surface area contributed by atoms with Crippen LogP contribution in [0.25, 0.3) is 0 Å². The zero-order valence-electron chi connectivity index (χ0n) is 15.9. The number of amides is 4. The molecule has 2 rings (SSSR count). The molecule has 11 heteroatoms. The van der Waals surface area contributed by atoms with Gasteiger partial charge in [-0.1, -0.05) is 6.92 Å². The maximum atomic E-state index is 12.3. The Labute approximate surface area is 162 Å². The Morgan fingerprint density at radius 2 is 1.36 bits per heavy atom. The topological polar surface area (TPSA) is 137 Å². The molecule has 156 valence electrons. The van der Waals surface area contributed by atoms with E-state index in [0.29, 0.717) is 10.1 Å². The number of hydrogen-bond acceptors (Lipinski definition) is 9. The van der Waals surface area contributed by atoms with E-state index in [4.69, 9.17) is 14.4 Å². The number of carbonyl (C=O) groups is 6. The summed E-state index contributed by atoms with van der Waals surface area (Å²) in [5.74, 6) is -4.27. The highest BCUT2D eigenvalue weighted by Crippen LogP contribution is 2.23. The third-order valence-electron chi connectivity index (χ3n) is 4.20. The van der Waals surface area contributed by atoms with Gasteiger partial charge < -0.3 is 14.4 Å². The standard InChI is InChI=1S/C17H22N2O9.H2/c1-4-10(15(24)27-18-11(20)5-6-12(18)21)26-9-17(2,3)16(25)28-19-13(22)7-8-14(19)23;/h10H,4-9H2,1-3H3;1H. The first-order chi connectivity index (χ1) is 13.1. The lowest BCUT2D eigenvalue weighted by molar-refractivity contribution is -0.211. The zero-order chi connectivity index (χ0) is 21.1. The Balaban J connectivity index is 0.00000420. The van der Waals surface area contributed by atoms with E-state index in [1.807, 2.05) is 0 Å². The monoisotopic (exact) mass is 400 g/mol. The summed E-state index contributed by atoms with van der Waals surface area (Å²) in [7, 11) is 0. The van der Waals surface area contributed by atoms with Gasteiger partial charge in [-0.15, -0.1) is 10.1 Å². The van der Waals surface area contributed by atoms with Gasteiger partial charge in [0, 0.05) is 27.1 Å². The molecule has 0 aromatic heterocycles. The molecule has 1 unspecified atom stereocenters. The summed E-state index contributed by atoms with van der Waals surface area (Å²) < 4.78 is 5.42. The predicted octanol–water partition coefficient (Wildman–Crippen LogP) is 0.268. The Bertz CT molecular complexity index is 690. The van der Waals surface area contributed by atoms with Crippen molar-refractivity contribution in [1.82, 2.24) is 10.1 Å². The molecule has 1 atom stereocenters. The van der Waals surface area contributed by atoms with Crippen LogP contribution in [0.1, 0.15) is 54.3 Å². The molecule has 0 saturated carbocycles. The molecule has 0 N–H and O–H groups in total. The molecule has 0 aromatic rings. The molecule has 0 radical (unpaired) electrons. The van der Waals surface area contributed by atoms with Crippen molar-refractivity contribution in [3.8, 4) is 0 Å². The van der Waals surface area contributed by atoms with Crippen LogP contribution in [-0.2, 0) is 43.2 Å². The van der Waals surface area contributed by atoms with Gasteiger partial charge in [0.1, 0.15) is 0 Å². The number of carbonyl (C=O) groups excluding carboxylic acids is 6. The van der Waals surface area contributed by atoms with E-state index in [1.165, 1.54) is 13.8 Å². The van der Waals surface area contributed by atoms with Gasteiger partial charge in [0.05, 0.1) is 12.0 Å². The highest BCUT2D eigenvalue weighted by Gasteiger charge is 2.40. The summed E-state index contributed by atoms with van der Waals surface area (Å²) in [6.07, 6.45) is -1.10. The van der Waals surface area contributed by atoms with Crippen LogP contribution in [0.15, 0.2) is 0 Å². The average molecular weight is 400 g/mol. The highest BCUT2D eigenvalue weighted by molar-refractivity contribution is 6.02. The minimum atomic E-state index is -1.30. The number of hydroxylamine groups is 4. The lowest BCUT2D eigenvalue weighted by Gasteiger charge is -2.26. The van der Waals surface area contributed by atoms with Gasteiger partial charge in [-0.05, 0) is 20.3 Å². The fourth-order valence-corrected chi connectivity index (χ4v) is 2.39. The molecule has 28 heavy (non-hydrogen) atoms. The second-order valence-corrected chi connectivity index (χ2v) is 7.04. The summed E-state index contributed by atoms with van der Waals surface area (Å²) >= 11 is 0. The SMILES string of the molecule is CCC(OCC(C)(C)C(=O)ON1C(=O)CCC1=O)C(=O)ON1C(=O)CCC1=O.[HH]. The average Bonchev–Trinajstić information content (AvgIpc) is 3.12. The van der Waals surface area contributed by atoms with E-state index in [2.05, 4.69) is 0 Å². The van der Waals surface area contributed by atoms with Gasteiger partial charge in [-0.2, -0.15) is 0 Å². The van der Waals surface area contributed by atoms with Gasteiger partial charge in [0.2, 0.25) is 0 Å². The fourth-order valence-electron chi connectivity index (χ4n) is 2.39. The maximum absolute atomic E-state index is 12.3. The maximum Gasteiger partial charge on any atom is 0.361 e. The quantitative estimate of drug-likeness (QED) is 0.526. The van der Waals surface area contributed by atoms with E-state index in [0.717, 1.165) is 0 Å². The second kappa shape index (κ2) is 8.46. The van der Waals surface area contributed by atoms with Crippen LogP contribution in [0, 0.1) is 5.41 Å².